The Kier molecular flexibility index (Phi) is 4.00. The predicted octanol–water partition coefficient (Wildman–Crippen LogP) is 2.76. The molecular weight excluding hydrogens is 324 g/mol. The zero-order valence-corrected chi connectivity index (χ0v) is 13.8. The zero-order valence-electron chi connectivity index (χ0n) is 13.0. The first kappa shape index (κ1) is 14.9. The van der Waals surface area contributed by atoms with Gasteiger partial charge < -0.3 is 14.2 Å². The van der Waals surface area contributed by atoms with Crippen LogP contribution < -0.4 is 4.90 Å². The minimum Gasteiger partial charge on any atom is -0.459 e. The summed E-state index contributed by atoms with van der Waals surface area (Å²) in [6, 6.07) is 13.4. The van der Waals surface area contributed by atoms with Gasteiger partial charge in [0.25, 0.3) is 5.91 Å². The van der Waals surface area contributed by atoms with E-state index in [1.165, 1.54) is 17.8 Å². The second-order valence-electron chi connectivity index (χ2n) is 5.52. The van der Waals surface area contributed by atoms with Crippen molar-refractivity contribution in [3.05, 3.63) is 54.5 Å². The lowest BCUT2D eigenvalue weighted by Gasteiger charge is -2.33. The quantitative estimate of drug-likeness (QED) is 0.734. The molecule has 122 valence electrons. The lowest BCUT2D eigenvalue weighted by Crippen LogP contribution is -2.48. The van der Waals surface area contributed by atoms with Crippen molar-refractivity contribution in [2.45, 2.75) is 0 Å². The highest BCUT2D eigenvalue weighted by molar-refractivity contribution is 7.09. The Morgan fingerprint density at radius 1 is 1.04 bits per heavy atom. The van der Waals surface area contributed by atoms with Crippen LogP contribution in [0.3, 0.4) is 0 Å². The summed E-state index contributed by atoms with van der Waals surface area (Å²) in [7, 11) is 0. The molecule has 7 heteroatoms. The smallest absolute Gasteiger partial charge is 0.289 e. The summed E-state index contributed by atoms with van der Waals surface area (Å²) in [5.74, 6) is 1.09. The topological polar surface area (TPSA) is 62.5 Å². The number of nitrogens with zero attached hydrogens (tertiary/aromatic N) is 4. The van der Waals surface area contributed by atoms with Crippen molar-refractivity contribution >= 4 is 22.6 Å². The number of amides is 1. The monoisotopic (exact) mass is 340 g/mol. The van der Waals surface area contributed by atoms with Crippen LogP contribution in [0.4, 0.5) is 5.13 Å². The standard InChI is InChI=1S/C17H16N4O2S/c22-16(14-7-4-12-23-14)20-8-10-21(11-9-20)17-18-15(19-24-17)13-5-2-1-3-6-13/h1-7,12H,8-11H2. The number of benzene rings is 1. The van der Waals surface area contributed by atoms with Crippen LogP contribution >= 0.6 is 11.5 Å². The average Bonchev–Trinajstić information content (AvgIpc) is 3.34. The third kappa shape index (κ3) is 2.90. The van der Waals surface area contributed by atoms with Crippen LogP contribution in [-0.2, 0) is 0 Å². The molecule has 24 heavy (non-hydrogen) atoms. The van der Waals surface area contributed by atoms with E-state index in [0.29, 0.717) is 18.8 Å². The molecule has 0 atom stereocenters. The SMILES string of the molecule is O=C(c1ccco1)N1CCN(c2nc(-c3ccccc3)ns2)CC1. The van der Waals surface area contributed by atoms with Gasteiger partial charge in [-0.1, -0.05) is 30.3 Å². The molecule has 0 saturated carbocycles. The van der Waals surface area contributed by atoms with E-state index in [9.17, 15) is 4.79 Å². The molecule has 6 nitrogen and oxygen atoms in total. The van der Waals surface area contributed by atoms with E-state index < -0.39 is 0 Å². The maximum atomic E-state index is 12.3. The number of hydrogen-bond acceptors (Lipinski definition) is 6. The lowest BCUT2D eigenvalue weighted by molar-refractivity contribution is 0.0714. The Morgan fingerprint density at radius 2 is 1.83 bits per heavy atom. The van der Waals surface area contributed by atoms with Crippen LogP contribution in [0.15, 0.2) is 53.1 Å². The van der Waals surface area contributed by atoms with Gasteiger partial charge in [-0.2, -0.15) is 9.36 Å². The molecule has 1 fully saturated rings. The second kappa shape index (κ2) is 6.45. The fourth-order valence-corrected chi connectivity index (χ4v) is 3.45. The van der Waals surface area contributed by atoms with E-state index in [4.69, 9.17) is 4.42 Å². The van der Waals surface area contributed by atoms with Crippen molar-refractivity contribution in [2.75, 3.05) is 31.1 Å². The average molecular weight is 340 g/mol. The molecule has 0 bridgehead atoms. The number of aromatic nitrogens is 2. The molecule has 2 aromatic heterocycles. The predicted molar refractivity (Wildman–Crippen MR) is 92.2 cm³/mol. The maximum Gasteiger partial charge on any atom is 0.289 e. The summed E-state index contributed by atoms with van der Waals surface area (Å²) >= 11 is 1.40. The fourth-order valence-electron chi connectivity index (χ4n) is 2.71. The van der Waals surface area contributed by atoms with E-state index in [1.54, 1.807) is 12.1 Å². The molecule has 1 amide bonds. The van der Waals surface area contributed by atoms with Gasteiger partial charge in [0, 0.05) is 43.3 Å². The Morgan fingerprint density at radius 3 is 2.54 bits per heavy atom. The van der Waals surface area contributed by atoms with Crippen LogP contribution in [0.25, 0.3) is 11.4 Å². The molecule has 3 heterocycles. The molecule has 1 aliphatic rings. The van der Waals surface area contributed by atoms with E-state index in [1.807, 2.05) is 35.2 Å². The molecule has 0 radical (unpaired) electrons. The number of hydrogen-bond donors (Lipinski definition) is 0. The number of piperazine rings is 1. The number of carbonyl (C=O) groups excluding carboxylic acids is 1. The van der Waals surface area contributed by atoms with Gasteiger partial charge in [-0.15, -0.1) is 0 Å². The van der Waals surface area contributed by atoms with Crippen LogP contribution in [0.2, 0.25) is 0 Å². The third-order valence-electron chi connectivity index (χ3n) is 4.02. The Labute approximate surface area is 143 Å². The van der Waals surface area contributed by atoms with E-state index >= 15 is 0 Å². The van der Waals surface area contributed by atoms with Gasteiger partial charge in [-0.3, -0.25) is 4.79 Å². The minimum atomic E-state index is -0.0538. The highest BCUT2D eigenvalue weighted by Gasteiger charge is 2.25. The van der Waals surface area contributed by atoms with Crippen LogP contribution in [0, 0.1) is 0 Å². The summed E-state index contributed by atoms with van der Waals surface area (Å²) in [6.45, 7) is 2.80. The van der Waals surface area contributed by atoms with Crippen molar-refractivity contribution in [3.63, 3.8) is 0 Å². The van der Waals surface area contributed by atoms with Gasteiger partial charge in [0.05, 0.1) is 6.26 Å². The van der Waals surface area contributed by atoms with Crippen molar-refractivity contribution in [1.29, 1.82) is 0 Å². The maximum absolute atomic E-state index is 12.3. The Hall–Kier alpha value is -2.67. The van der Waals surface area contributed by atoms with Gasteiger partial charge in [0.1, 0.15) is 0 Å². The first-order chi connectivity index (χ1) is 11.8. The first-order valence-electron chi connectivity index (χ1n) is 7.78. The summed E-state index contributed by atoms with van der Waals surface area (Å²) in [6.07, 6.45) is 1.52. The molecule has 1 saturated heterocycles. The van der Waals surface area contributed by atoms with Gasteiger partial charge in [-0.05, 0) is 12.1 Å². The molecule has 1 aromatic carbocycles. The molecule has 4 rings (SSSR count). The van der Waals surface area contributed by atoms with Gasteiger partial charge in [0.2, 0.25) is 5.13 Å². The highest BCUT2D eigenvalue weighted by Crippen LogP contribution is 2.24. The van der Waals surface area contributed by atoms with Crippen LogP contribution in [0.1, 0.15) is 10.6 Å². The molecule has 0 spiro atoms. The molecule has 3 aromatic rings. The van der Waals surface area contributed by atoms with Crippen LogP contribution in [-0.4, -0.2) is 46.3 Å². The van der Waals surface area contributed by atoms with E-state index in [-0.39, 0.29) is 5.91 Å². The Bertz CT molecular complexity index is 808. The summed E-state index contributed by atoms with van der Waals surface area (Å²) in [5.41, 5.74) is 1.02. The molecular formula is C17H16N4O2S. The number of furan rings is 1. The number of carbonyl (C=O) groups is 1. The molecule has 0 N–H and O–H groups in total. The van der Waals surface area contributed by atoms with Gasteiger partial charge in [-0.25, -0.2) is 0 Å². The zero-order chi connectivity index (χ0) is 16.4. The first-order valence-corrected chi connectivity index (χ1v) is 8.55. The fraction of sp³-hybridized carbons (Fsp3) is 0.235. The van der Waals surface area contributed by atoms with E-state index in [0.717, 1.165) is 29.6 Å². The normalized spacial score (nSPS) is 14.8. The van der Waals surface area contributed by atoms with Crippen LogP contribution in [0.5, 0.6) is 0 Å². The van der Waals surface area contributed by atoms with Gasteiger partial charge in [0.15, 0.2) is 11.6 Å². The minimum absolute atomic E-state index is 0.0538. The highest BCUT2D eigenvalue weighted by atomic mass is 32.1. The summed E-state index contributed by atoms with van der Waals surface area (Å²) < 4.78 is 9.64. The largest absolute Gasteiger partial charge is 0.459 e. The van der Waals surface area contributed by atoms with Crippen molar-refractivity contribution in [3.8, 4) is 11.4 Å². The van der Waals surface area contributed by atoms with Gasteiger partial charge >= 0.3 is 0 Å². The number of anilines is 1. The molecule has 0 unspecified atom stereocenters. The summed E-state index contributed by atoms with van der Waals surface area (Å²) in [5, 5.41) is 0.902. The van der Waals surface area contributed by atoms with E-state index in [2.05, 4.69) is 14.3 Å². The molecule has 0 aliphatic carbocycles. The summed E-state index contributed by atoms with van der Waals surface area (Å²) in [4.78, 5) is 20.9. The second-order valence-corrected chi connectivity index (χ2v) is 6.25. The lowest BCUT2D eigenvalue weighted by atomic mass is 10.2. The number of rotatable bonds is 3. The van der Waals surface area contributed by atoms with Crippen molar-refractivity contribution < 1.29 is 9.21 Å². The van der Waals surface area contributed by atoms with Crippen molar-refractivity contribution in [1.82, 2.24) is 14.3 Å². The van der Waals surface area contributed by atoms with Crippen molar-refractivity contribution in [2.24, 2.45) is 0 Å². The third-order valence-corrected chi connectivity index (χ3v) is 4.79. The Balaban J connectivity index is 1.41. The molecule has 1 aliphatic heterocycles.